The number of aromatic nitrogens is 5. The molecule has 2 aliphatic carbocycles. The summed E-state index contributed by atoms with van der Waals surface area (Å²) >= 11 is 0. The zero-order valence-corrected chi connectivity index (χ0v) is 14.3. The second-order valence-corrected chi connectivity index (χ2v) is 7.21. The second-order valence-electron chi connectivity index (χ2n) is 7.21. The van der Waals surface area contributed by atoms with Gasteiger partial charge in [-0.15, -0.1) is 5.10 Å². The standard InChI is InChI=1S/C17H25N7O/c18-12-5-7-13(8-6-12)23-11-15(21-22-23)17(25)20-16-9-10-19-24(16)14-3-1-2-4-14/h9-14H,1-8,18H2,(H,20,25). The van der Waals surface area contributed by atoms with Gasteiger partial charge in [0.05, 0.1) is 24.5 Å². The highest BCUT2D eigenvalue weighted by molar-refractivity contribution is 6.02. The van der Waals surface area contributed by atoms with Gasteiger partial charge in [0.1, 0.15) is 5.82 Å². The third kappa shape index (κ3) is 3.44. The molecule has 0 radical (unpaired) electrons. The first-order chi connectivity index (χ1) is 12.2. The van der Waals surface area contributed by atoms with Crippen molar-refractivity contribution >= 4 is 11.7 Å². The van der Waals surface area contributed by atoms with Crippen molar-refractivity contribution in [2.75, 3.05) is 5.32 Å². The molecule has 0 aromatic carbocycles. The molecule has 2 fully saturated rings. The maximum absolute atomic E-state index is 12.5. The van der Waals surface area contributed by atoms with E-state index in [4.69, 9.17) is 5.73 Å². The molecule has 0 saturated heterocycles. The van der Waals surface area contributed by atoms with E-state index in [1.54, 1.807) is 12.4 Å². The lowest BCUT2D eigenvalue weighted by atomic mass is 9.92. The molecule has 2 saturated carbocycles. The van der Waals surface area contributed by atoms with Crippen molar-refractivity contribution in [3.63, 3.8) is 0 Å². The third-order valence-corrected chi connectivity index (χ3v) is 5.44. The fourth-order valence-electron chi connectivity index (χ4n) is 3.96. The first kappa shape index (κ1) is 16.3. The van der Waals surface area contributed by atoms with Gasteiger partial charge >= 0.3 is 0 Å². The van der Waals surface area contributed by atoms with Gasteiger partial charge in [0.2, 0.25) is 0 Å². The average Bonchev–Trinajstić information content (AvgIpc) is 3.36. The lowest BCUT2D eigenvalue weighted by molar-refractivity contribution is 0.102. The lowest BCUT2D eigenvalue weighted by Gasteiger charge is -2.25. The molecule has 0 unspecified atom stereocenters. The van der Waals surface area contributed by atoms with E-state index < -0.39 is 0 Å². The first-order valence-electron chi connectivity index (χ1n) is 9.23. The maximum atomic E-state index is 12.5. The van der Waals surface area contributed by atoms with Crippen LogP contribution < -0.4 is 11.1 Å². The van der Waals surface area contributed by atoms with Crippen LogP contribution in [-0.2, 0) is 0 Å². The minimum atomic E-state index is -0.237. The second kappa shape index (κ2) is 6.95. The monoisotopic (exact) mass is 343 g/mol. The Balaban J connectivity index is 1.43. The van der Waals surface area contributed by atoms with Gasteiger partial charge in [0.25, 0.3) is 5.91 Å². The van der Waals surface area contributed by atoms with Crippen molar-refractivity contribution in [3.8, 4) is 0 Å². The van der Waals surface area contributed by atoms with Gasteiger partial charge < -0.3 is 11.1 Å². The molecule has 25 heavy (non-hydrogen) atoms. The molecule has 2 aromatic rings. The first-order valence-corrected chi connectivity index (χ1v) is 9.23. The lowest BCUT2D eigenvalue weighted by Crippen LogP contribution is -2.28. The number of nitrogens with zero attached hydrogens (tertiary/aromatic N) is 5. The highest BCUT2D eigenvalue weighted by Gasteiger charge is 2.24. The quantitative estimate of drug-likeness (QED) is 0.886. The Hall–Kier alpha value is -2.22. The van der Waals surface area contributed by atoms with E-state index in [1.807, 2.05) is 15.4 Å². The van der Waals surface area contributed by atoms with Gasteiger partial charge in [-0.2, -0.15) is 5.10 Å². The summed E-state index contributed by atoms with van der Waals surface area (Å²) in [4.78, 5) is 12.5. The fraction of sp³-hybridized carbons (Fsp3) is 0.647. The van der Waals surface area contributed by atoms with Gasteiger partial charge in [-0.1, -0.05) is 18.1 Å². The van der Waals surface area contributed by atoms with E-state index in [9.17, 15) is 4.79 Å². The molecule has 0 spiro atoms. The minimum absolute atomic E-state index is 0.237. The summed E-state index contributed by atoms with van der Waals surface area (Å²) in [5.41, 5.74) is 6.29. The number of rotatable bonds is 4. The summed E-state index contributed by atoms with van der Waals surface area (Å²) in [6, 6.07) is 2.80. The van der Waals surface area contributed by atoms with Crippen molar-refractivity contribution in [3.05, 3.63) is 24.2 Å². The van der Waals surface area contributed by atoms with E-state index in [0.29, 0.717) is 17.8 Å². The van der Waals surface area contributed by atoms with Crippen molar-refractivity contribution in [1.82, 2.24) is 24.8 Å². The predicted molar refractivity (Wildman–Crippen MR) is 93.2 cm³/mol. The van der Waals surface area contributed by atoms with Crippen LogP contribution >= 0.6 is 0 Å². The van der Waals surface area contributed by atoms with E-state index in [0.717, 1.165) is 44.3 Å². The van der Waals surface area contributed by atoms with E-state index in [1.165, 1.54) is 12.8 Å². The van der Waals surface area contributed by atoms with Crippen LogP contribution in [0.3, 0.4) is 0 Å². The Morgan fingerprint density at radius 3 is 2.64 bits per heavy atom. The number of nitrogens with one attached hydrogen (secondary N) is 1. The summed E-state index contributed by atoms with van der Waals surface area (Å²) in [6.45, 7) is 0. The number of hydrogen-bond donors (Lipinski definition) is 2. The topological polar surface area (TPSA) is 104 Å². The van der Waals surface area contributed by atoms with Crippen molar-refractivity contribution in [2.24, 2.45) is 5.73 Å². The number of anilines is 1. The predicted octanol–water partition coefficient (Wildman–Crippen LogP) is 2.28. The molecule has 8 nitrogen and oxygen atoms in total. The molecule has 3 N–H and O–H groups in total. The number of amides is 1. The molecule has 1 amide bonds. The van der Waals surface area contributed by atoms with Crippen LogP contribution in [0.25, 0.3) is 0 Å². The Morgan fingerprint density at radius 1 is 1.12 bits per heavy atom. The van der Waals surface area contributed by atoms with Crippen LogP contribution in [0.15, 0.2) is 18.5 Å². The zero-order valence-electron chi connectivity index (χ0n) is 14.3. The van der Waals surface area contributed by atoms with Crippen molar-refractivity contribution < 1.29 is 4.79 Å². The van der Waals surface area contributed by atoms with E-state index >= 15 is 0 Å². The molecule has 4 rings (SSSR count). The van der Waals surface area contributed by atoms with E-state index in [2.05, 4.69) is 20.7 Å². The van der Waals surface area contributed by atoms with Gasteiger partial charge in [-0.3, -0.25) is 4.79 Å². The maximum Gasteiger partial charge on any atom is 0.278 e. The Morgan fingerprint density at radius 2 is 1.88 bits per heavy atom. The highest BCUT2D eigenvalue weighted by atomic mass is 16.2. The number of nitrogens with two attached hydrogens (primary N) is 1. The van der Waals surface area contributed by atoms with Crippen LogP contribution in [-0.4, -0.2) is 36.7 Å². The van der Waals surface area contributed by atoms with Crippen LogP contribution in [0.2, 0.25) is 0 Å². The highest BCUT2D eigenvalue weighted by Crippen LogP contribution is 2.31. The molecule has 134 valence electrons. The summed E-state index contributed by atoms with van der Waals surface area (Å²) in [6.07, 6.45) is 12.1. The van der Waals surface area contributed by atoms with Gasteiger partial charge in [-0.05, 0) is 38.5 Å². The Kier molecular flexibility index (Phi) is 4.52. The minimum Gasteiger partial charge on any atom is -0.328 e. The molecule has 2 aliphatic rings. The normalized spacial score (nSPS) is 24.5. The van der Waals surface area contributed by atoms with Crippen LogP contribution in [0.5, 0.6) is 0 Å². The van der Waals surface area contributed by atoms with Crippen molar-refractivity contribution in [2.45, 2.75) is 69.5 Å². The van der Waals surface area contributed by atoms with Gasteiger partial charge in [0.15, 0.2) is 5.69 Å². The molecule has 0 aliphatic heterocycles. The molecule has 0 bridgehead atoms. The molecule has 0 atom stereocenters. The summed E-state index contributed by atoms with van der Waals surface area (Å²) in [5, 5.41) is 15.5. The smallest absolute Gasteiger partial charge is 0.278 e. The van der Waals surface area contributed by atoms with Crippen LogP contribution in [0.4, 0.5) is 5.82 Å². The van der Waals surface area contributed by atoms with Gasteiger partial charge in [-0.25, -0.2) is 9.36 Å². The molecule has 8 heteroatoms. The van der Waals surface area contributed by atoms with Gasteiger partial charge in [0, 0.05) is 12.1 Å². The molecule has 2 heterocycles. The SMILES string of the molecule is NC1CCC(n2cc(C(=O)Nc3ccnn3C3CCCC3)nn2)CC1. The van der Waals surface area contributed by atoms with Crippen LogP contribution in [0, 0.1) is 0 Å². The zero-order chi connectivity index (χ0) is 17.2. The molecular weight excluding hydrogens is 318 g/mol. The largest absolute Gasteiger partial charge is 0.328 e. The molecule has 2 aromatic heterocycles. The van der Waals surface area contributed by atoms with E-state index in [-0.39, 0.29) is 11.9 Å². The van der Waals surface area contributed by atoms with Crippen LogP contribution in [0.1, 0.15) is 73.9 Å². The third-order valence-electron chi connectivity index (χ3n) is 5.44. The molecular formula is C17H25N7O. The van der Waals surface area contributed by atoms with Crippen molar-refractivity contribution in [1.29, 1.82) is 0 Å². The Labute approximate surface area is 146 Å². The number of hydrogen-bond acceptors (Lipinski definition) is 5. The summed E-state index contributed by atoms with van der Waals surface area (Å²) < 4.78 is 3.74. The average molecular weight is 343 g/mol. The number of carbonyl (C=O) groups excluding carboxylic acids is 1. The number of carbonyl (C=O) groups is 1. The summed E-state index contributed by atoms with van der Waals surface area (Å²) in [5.74, 6) is 0.494. The Bertz CT molecular complexity index is 723. The fourth-order valence-corrected chi connectivity index (χ4v) is 3.96. The summed E-state index contributed by atoms with van der Waals surface area (Å²) in [7, 11) is 0.